The van der Waals surface area contributed by atoms with Crippen molar-refractivity contribution < 1.29 is 13.2 Å². The van der Waals surface area contributed by atoms with E-state index in [9.17, 15) is 8.42 Å². The van der Waals surface area contributed by atoms with Gasteiger partial charge in [-0.1, -0.05) is 36.4 Å². The average molecular weight is 409 g/mol. The van der Waals surface area contributed by atoms with Crippen molar-refractivity contribution in [3.05, 3.63) is 48.6 Å². The van der Waals surface area contributed by atoms with Crippen LogP contribution >= 0.6 is 0 Å². The molecule has 1 aliphatic rings. The molecule has 0 unspecified atom stereocenters. The normalized spacial score (nSPS) is 20.6. The Morgan fingerprint density at radius 3 is 2.43 bits per heavy atom. The third kappa shape index (κ3) is 7.66. The fraction of sp³-hybridized carbons (Fsp3) is 0.636. The molecule has 0 amide bonds. The smallest absolute Gasteiger partial charge is 0.218 e. The number of rotatable bonds is 12. The zero-order chi connectivity index (χ0) is 20.4. The maximum absolute atomic E-state index is 12.7. The Morgan fingerprint density at radius 1 is 1.11 bits per heavy atom. The van der Waals surface area contributed by atoms with E-state index in [1.165, 1.54) is 0 Å². The second-order valence-corrected chi connectivity index (χ2v) is 9.85. The van der Waals surface area contributed by atoms with E-state index in [1.807, 2.05) is 36.4 Å². The SMILES string of the molecule is C=CCN(C)CCCCO[C@H]1CC[C@H](N(C)S(=O)(=O)Cc2ccccc2)CC1. The van der Waals surface area contributed by atoms with Gasteiger partial charge in [0.25, 0.3) is 0 Å². The van der Waals surface area contributed by atoms with Crippen LogP contribution < -0.4 is 0 Å². The fourth-order valence-corrected chi connectivity index (χ4v) is 5.22. The van der Waals surface area contributed by atoms with Crippen LogP contribution in [0.4, 0.5) is 0 Å². The Morgan fingerprint density at radius 2 is 1.79 bits per heavy atom. The minimum atomic E-state index is -3.29. The zero-order valence-electron chi connectivity index (χ0n) is 17.4. The largest absolute Gasteiger partial charge is 0.378 e. The molecule has 0 aromatic heterocycles. The molecule has 5 nitrogen and oxygen atoms in total. The van der Waals surface area contributed by atoms with E-state index in [-0.39, 0.29) is 17.9 Å². The number of sulfonamides is 1. The van der Waals surface area contributed by atoms with Crippen LogP contribution in [0.3, 0.4) is 0 Å². The van der Waals surface area contributed by atoms with Crippen molar-refractivity contribution in [3.8, 4) is 0 Å². The van der Waals surface area contributed by atoms with Crippen molar-refractivity contribution in [2.45, 2.75) is 56.4 Å². The van der Waals surface area contributed by atoms with E-state index in [0.717, 1.165) is 63.8 Å². The highest BCUT2D eigenvalue weighted by Crippen LogP contribution is 2.27. The molecule has 1 aromatic carbocycles. The van der Waals surface area contributed by atoms with Gasteiger partial charge in [-0.25, -0.2) is 12.7 Å². The summed E-state index contributed by atoms with van der Waals surface area (Å²) in [7, 11) is 0.543. The molecule has 6 heteroatoms. The lowest BCUT2D eigenvalue weighted by molar-refractivity contribution is 0.0153. The van der Waals surface area contributed by atoms with Crippen LogP contribution in [-0.2, 0) is 20.5 Å². The highest BCUT2D eigenvalue weighted by Gasteiger charge is 2.30. The number of hydrogen-bond acceptors (Lipinski definition) is 4. The summed E-state index contributed by atoms with van der Waals surface area (Å²) < 4.78 is 33.0. The third-order valence-corrected chi connectivity index (χ3v) is 7.39. The van der Waals surface area contributed by atoms with E-state index >= 15 is 0 Å². The Hall–Kier alpha value is -1.21. The lowest BCUT2D eigenvalue weighted by Gasteiger charge is -2.34. The molecule has 28 heavy (non-hydrogen) atoms. The molecule has 158 valence electrons. The van der Waals surface area contributed by atoms with Crippen molar-refractivity contribution in [1.29, 1.82) is 0 Å². The summed E-state index contributed by atoms with van der Waals surface area (Å²) in [5.74, 6) is 0.0705. The monoisotopic (exact) mass is 408 g/mol. The van der Waals surface area contributed by atoms with Gasteiger partial charge in [0, 0.05) is 26.2 Å². The number of likely N-dealkylation sites (N-methyl/N-ethyl adjacent to an activating group) is 1. The van der Waals surface area contributed by atoms with Gasteiger partial charge in [0.15, 0.2) is 0 Å². The second-order valence-electron chi connectivity index (χ2n) is 7.82. The Bertz CT molecular complexity index is 670. The molecule has 0 bridgehead atoms. The van der Waals surface area contributed by atoms with Gasteiger partial charge in [0.05, 0.1) is 11.9 Å². The van der Waals surface area contributed by atoms with E-state index in [2.05, 4.69) is 18.5 Å². The zero-order valence-corrected chi connectivity index (χ0v) is 18.2. The van der Waals surface area contributed by atoms with E-state index in [4.69, 9.17) is 4.74 Å². The lowest BCUT2D eigenvalue weighted by atomic mass is 9.93. The Kier molecular flexibility index (Phi) is 9.65. The lowest BCUT2D eigenvalue weighted by Crippen LogP contribution is -2.41. The molecule has 0 spiro atoms. The van der Waals surface area contributed by atoms with Gasteiger partial charge >= 0.3 is 0 Å². The van der Waals surface area contributed by atoms with Crippen LogP contribution in [0.25, 0.3) is 0 Å². The van der Waals surface area contributed by atoms with E-state index < -0.39 is 10.0 Å². The minimum Gasteiger partial charge on any atom is -0.378 e. The molecule has 0 heterocycles. The fourth-order valence-electron chi connectivity index (χ4n) is 3.73. The standard InChI is InChI=1S/C22H36N2O3S/c1-4-16-23(2)17-8-9-18-27-22-14-12-21(13-15-22)24(3)28(25,26)19-20-10-6-5-7-11-20/h4-7,10-11,21-22H,1,8-9,12-19H2,2-3H3/t21-,22-. The van der Waals surface area contributed by atoms with Crippen LogP contribution in [-0.4, -0.2) is 63.6 Å². The molecule has 1 aliphatic carbocycles. The highest BCUT2D eigenvalue weighted by atomic mass is 32.2. The summed E-state index contributed by atoms with van der Waals surface area (Å²) in [6.07, 6.45) is 8.00. The summed E-state index contributed by atoms with van der Waals surface area (Å²) in [5, 5.41) is 0. The molecular formula is C22H36N2O3S. The van der Waals surface area contributed by atoms with Crippen LogP contribution in [0.2, 0.25) is 0 Å². The van der Waals surface area contributed by atoms with Crippen LogP contribution in [0.15, 0.2) is 43.0 Å². The van der Waals surface area contributed by atoms with Crippen LogP contribution in [0.1, 0.15) is 44.1 Å². The van der Waals surface area contributed by atoms with Gasteiger partial charge in [-0.2, -0.15) is 0 Å². The number of hydrogen-bond donors (Lipinski definition) is 0. The molecule has 0 aliphatic heterocycles. The van der Waals surface area contributed by atoms with Crippen LogP contribution in [0.5, 0.6) is 0 Å². The number of benzene rings is 1. The van der Waals surface area contributed by atoms with Gasteiger partial charge in [-0.3, -0.25) is 0 Å². The Balaban J connectivity index is 1.67. The summed E-state index contributed by atoms with van der Waals surface area (Å²) in [6, 6.07) is 9.48. The first-order chi connectivity index (χ1) is 13.4. The van der Waals surface area contributed by atoms with Gasteiger partial charge in [0.2, 0.25) is 10.0 Å². The molecule has 0 saturated heterocycles. The molecular weight excluding hydrogens is 372 g/mol. The molecule has 0 radical (unpaired) electrons. The second kappa shape index (κ2) is 11.7. The van der Waals surface area contributed by atoms with E-state index in [0.29, 0.717) is 0 Å². The summed E-state index contributed by atoms with van der Waals surface area (Å²) in [6.45, 7) is 6.53. The summed E-state index contributed by atoms with van der Waals surface area (Å²) in [4.78, 5) is 2.25. The van der Waals surface area contributed by atoms with Crippen molar-refractivity contribution >= 4 is 10.0 Å². The minimum absolute atomic E-state index is 0.0705. The quantitative estimate of drug-likeness (QED) is 0.391. The number of nitrogens with zero attached hydrogens (tertiary/aromatic N) is 2. The number of unbranched alkanes of at least 4 members (excludes halogenated alkanes) is 1. The predicted octanol–water partition coefficient (Wildman–Crippen LogP) is 3.67. The van der Waals surface area contributed by atoms with Crippen LogP contribution in [0, 0.1) is 0 Å². The first kappa shape index (κ1) is 23.1. The van der Waals surface area contributed by atoms with Crippen molar-refractivity contribution in [2.75, 3.05) is 33.8 Å². The first-order valence-electron chi connectivity index (χ1n) is 10.3. The summed E-state index contributed by atoms with van der Waals surface area (Å²) >= 11 is 0. The molecule has 0 N–H and O–H groups in total. The third-order valence-electron chi connectivity index (χ3n) is 5.52. The molecule has 2 rings (SSSR count). The van der Waals surface area contributed by atoms with Crippen molar-refractivity contribution in [1.82, 2.24) is 9.21 Å². The van der Waals surface area contributed by atoms with Gasteiger partial charge in [-0.05, 0) is 57.7 Å². The molecule has 0 atom stereocenters. The molecule has 1 fully saturated rings. The predicted molar refractivity (Wildman–Crippen MR) is 116 cm³/mol. The Labute approximate surface area is 171 Å². The van der Waals surface area contributed by atoms with Crippen molar-refractivity contribution in [3.63, 3.8) is 0 Å². The maximum Gasteiger partial charge on any atom is 0.218 e. The van der Waals surface area contributed by atoms with Gasteiger partial charge < -0.3 is 9.64 Å². The van der Waals surface area contributed by atoms with Gasteiger partial charge in [-0.15, -0.1) is 6.58 Å². The maximum atomic E-state index is 12.7. The number of ether oxygens (including phenoxy) is 1. The highest BCUT2D eigenvalue weighted by molar-refractivity contribution is 7.88. The van der Waals surface area contributed by atoms with E-state index in [1.54, 1.807) is 11.4 Å². The first-order valence-corrected chi connectivity index (χ1v) is 11.9. The topological polar surface area (TPSA) is 49.9 Å². The molecule has 1 aromatic rings. The average Bonchev–Trinajstić information content (AvgIpc) is 2.68. The molecule has 1 saturated carbocycles. The van der Waals surface area contributed by atoms with Gasteiger partial charge in [0.1, 0.15) is 0 Å². The summed E-state index contributed by atoms with van der Waals surface area (Å²) in [5.41, 5.74) is 0.838. The van der Waals surface area contributed by atoms with Crippen molar-refractivity contribution in [2.24, 2.45) is 0 Å².